The molecule has 4 heteroatoms. The SMILES string of the molecule is CNC(=O)C1=CC=CNC1N. The summed E-state index contributed by atoms with van der Waals surface area (Å²) in [7, 11) is 1.58. The molecule has 1 rings (SSSR count). The van der Waals surface area contributed by atoms with Crippen LogP contribution < -0.4 is 16.4 Å². The third-order valence-electron chi connectivity index (χ3n) is 1.47. The van der Waals surface area contributed by atoms with Crippen LogP contribution in [-0.4, -0.2) is 19.1 Å². The molecule has 0 spiro atoms. The molecule has 1 unspecified atom stereocenters. The normalized spacial score (nSPS) is 22.0. The Morgan fingerprint density at radius 1 is 1.82 bits per heavy atom. The second-order valence-corrected chi connectivity index (χ2v) is 2.20. The quantitative estimate of drug-likeness (QED) is 0.455. The average Bonchev–Trinajstić information content (AvgIpc) is 2.04. The van der Waals surface area contributed by atoms with E-state index in [1.807, 2.05) is 0 Å². The third-order valence-corrected chi connectivity index (χ3v) is 1.47. The van der Waals surface area contributed by atoms with Gasteiger partial charge in [-0.25, -0.2) is 0 Å². The summed E-state index contributed by atoms with van der Waals surface area (Å²) in [4.78, 5) is 11.0. The highest BCUT2D eigenvalue weighted by molar-refractivity contribution is 5.94. The van der Waals surface area contributed by atoms with Crippen LogP contribution >= 0.6 is 0 Å². The van der Waals surface area contributed by atoms with Gasteiger partial charge in [-0.2, -0.15) is 0 Å². The lowest BCUT2D eigenvalue weighted by Crippen LogP contribution is -2.42. The maximum atomic E-state index is 11.0. The first-order valence-electron chi connectivity index (χ1n) is 3.36. The van der Waals surface area contributed by atoms with Crippen LogP contribution in [0, 0.1) is 0 Å². The summed E-state index contributed by atoms with van der Waals surface area (Å²) in [6.45, 7) is 0. The minimum atomic E-state index is -0.389. The van der Waals surface area contributed by atoms with Crippen molar-refractivity contribution >= 4 is 5.91 Å². The fourth-order valence-electron chi connectivity index (χ4n) is 0.866. The molecule has 0 saturated carbocycles. The Hall–Kier alpha value is -1.29. The van der Waals surface area contributed by atoms with Crippen molar-refractivity contribution < 1.29 is 4.79 Å². The Morgan fingerprint density at radius 3 is 3.09 bits per heavy atom. The molecule has 1 aliphatic rings. The van der Waals surface area contributed by atoms with Gasteiger partial charge < -0.3 is 16.4 Å². The summed E-state index contributed by atoms with van der Waals surface area (Å²) in [6, 6.07) is 0. The minimum absolute atomic E-state index is 0.144. The molecule has 0 aromatic carbocycles. The number of dihydropyridines is 1. The zero-order chi connectivity index (χ0) is 8.27. The van der Waals surface area contributed by atoms with Gasteiger partial charge in [-0.15, -0.1) is 0 Å². The van der Waals surface area contributed by atoms with E-state index in [-0.39, 0.29) is 12.1 Å². The zero-order valence-electron chi connectivity index (χ0n) is 6.29. The van der Waals surface area contributed by atoms with E-state index in [9.17, 15) is 4.79 Å². The van der Waals surface area contributed by atoms with Crippen molar-refractivity contribution in [2.75, 3.05) is 7.05 Å². The van der Waals surface area contributed by atoms with Crippen LogP contribution in [0.4, 0.5) is 0 Å². The van der Waals surface area contributed by atoms with Crippen LogP contribution in [0.25, 0.3) is 0 Å². The van der Waals surface area contributed by atoms with E-state index in [0.29, 0.717) is 5.57 Å². The van der Waals surface area contributed by atoms with Crippen molar-refractivity contribution in [2.24, 2.45) is 5.73 Å². The Kier molecular flexibility index (Phi) is 2.28. The van der Waals surface area contributed by atoms with Gasteiger partial charge in [0.15, 0.2) is 0 Å². The van der Waals surface area contributed by atoms with Crippen LogP contribution in [0.3, 0.4) is 0 Å². The van der Waals surface area contributed by atoms with Crippen molar-refractivity contribution in [1.29, 1.82) is 0 Å². The van der Waals surface area contributed by atoms with Gasteiger partial charge in [-0.05, 0) is 18.4 Å². The molecule has 0 fully saturated rings. The van der Waals surface area contributed by atoms with Gasteiger partial charge in [0.25, 0.3) is 0 Å². The van der Waals surface area contributed by atoms with Crippen molar-refractivity contribution in [3.63, 3.8) is 0 Å². The van der Waals surface area contributed by atoms with E-state index in [1.54, 1.807) is 25.4 Å². The topological polar surface area (TPSA) is 67.2 Å². The van der Waals surface area contributed by atoms with E-state index in [1.165, 1.54) is 0 Å². The van der Waals surface area contributed by atoms with Gasteiger partial charge in [0, 0.05) is 7.05 Å². The predicted molar refractivity (Wildman–Crippen MR) is 42.4 cm³/mol. The minimum Gasteiger partial charge on any atom is -0.372 e. The summed E-state index contributed by atoms with van der Waals surface area (Å²) >= 11 is 0. The number of hydrogen-bond acceptors (Lipinski definition) is 3. The van der Waals surface area contributed by atoms with Crippen LogP contribution in [0.5, 0.6) is 0 Å². The number of hydrogen-bond donors (Lipinski definition) is 3. The summed E-state index contributed by atoms with van der Waals surface area (Å²) in [5.41, 5.74) is 6.11. The number of likely N-dealkylation sites (N-methyl/N-ethyl adjacent to an activating group) is 1. The van der Waals surface area contributed by atoms with Gasteiger partial charge in [0.2, 0.25) is 5.91 Å². The van der Waals surface area contributed by atoms with E-state index in [0.717, 1.165) is 0 Å². The van der Waals surface area contributed by atoms with Crippen molar-refractivity contribution in [3.05, 3.63) is 23.9 Å². The molecule has 1 heterocycles. The number of carbonyl (C=O) groups excluding carboxylic acids is 1. The Balaban J connectivity index is 2.75. The lowest BCUT2D eigenvalue weighted by molar-refractivity contribution is -0.117. The molecule has 1 amide bonds. The van der Waals surface area contributed by atoms with E-state index in [4.69, 9.17) is 5.73 Å². The first-order chi connectivity index (χ1) is 5.25. The van der Waals surface area contributed by atoms with Gasteiger partial charge in [-0.3, -0.25) is 4.79 Å². The zero-order valence-corrected chi connectivity index (χ0v) is 6.29. The molecule has 0 aromatic heterocycles. The first kappa shape index (κ1) is 7.81. The first-order valence-corrected chi connectivity index (χ1v) is 3.36. The predicted octanol–water partition coefficient (Wildman–Crippen LogP) is -0.939. The number of nitrogens with two attached hydrogens (primary N) is 1. The molecular weight excluding hydrogens is 142 g/mol. The van der Waals surface area contributed by atoms with Gasteiger partial charge in [0.05, 0.1) is 5.57 Å². The van der Waals surface area contributed by atoms with Crippen molar-refractivity contribution in [2.45, 2.75) is 6.17 Å². The van der Waals surface area contributed by atoms with E-state index in [2.05, 4.69) is 10.6 Å². The molecule has 0 saturated heterocycles. The molecular formula is C7H11N3O. The van der Waals surface area contributed by atoms with Crippen LogP contribution in [-0.2, 0) is 4.79 Å². The van der Waals surface area contributed by atoms with Crippen molar-refractivity contribution in [3.8, 4) is 0 Å². The number of amides is 1. The summed E-state index contributed by atoms with van der Waals surface area (Å²) in [5, 5.41) is 5.32. The van der Waals surface area contributed by atoms with Crippen LogP contribution in [0.15, 0.2) is 23.9 Å². The second kappa shape index (κ2) is 3.21. The highest BCUT2D eigenvalue weighted by Gasteiger charge is 2.15. The summed E-state index contributed by atoms with van der Waals surface area (Å²) in [5.74, 6) is -0.144. The highest BCUT2D eigenvalue weighted by atomic mass is 16.1. The Labute approximate surface area is 65.1 Å². The maximum absolute atomic E-state index is 11.0. The maximum Gasteiger partial charge on any atom is 0.250 e. The smallest absolute Gasteiger partial charge is 0.250 e. The van der Waals surface area contributed by atoms with Crippen LogP contribution in [0.1, 0.15) is 0 Å². The molecule has 0 aromatic rings. The highest BCUT2D eigenvalue weighted by Crippen LogP contribution is 2.02. The number of rotatable bonds is 1. The van der Waals surface area contributed by atoms with Crippen molar-refractivity contribution in [1.82, 2.24) is 10.6 Å². The Bertz CT molecular complexity index is 220. The molecule has 60 valence electrons. The summed E-state index contributed by atoms with van der Waals surface area (Å²) < 4.78 is 0. The monoisotopic (exact) mass is 153 g/mol. The van der Waals surface area contributed by atoms with Gasteiger partial charge in [-0.1, -0.05) is 0 Å². The molecule has 0 radical (unpaired) electrons. The Morgan fingerprint density at radius 2 is 2.55 bits per heavy atom. The lowest BCUT2D eigenvalue weighted by Gasteiger charge is -2.17. The molecule has 0 bridgehead atoms. The number of nitrogens with one attached hydrogen (secondary N) is 2. The number of carbonyl (C=O) groups is 1. The largest absolute Gasteiger partial charge is 0.372 e. The average molecular weight is 153 g/mol. The standard InChI is InChI=1S/C7H11N3O/c1-9-7(11)5-3-2-4-10-6(5)8/h2-4,6,10H,8H2,1H3,(H,9,11). The van der Waals surface area contributed by atoms with E-state index < -0.39 is 0 Å². The van der Waals surface area contributed by atoms with Gasteiger partial charge >= 0.3 is 0 Å². The van der Waals surface area contributed by atoms with Crippen LogP contribution in [0.2, 0.25) is 0 Å². The fraction of sp³-hybridized carbons (Fsp3) is 0.286. The summed E-state index contributed by atoms with van der Waals surface area (Å²) in [6.07, 6.45) is 4.75. The molecule has 1 aliphatic heterocycles. The lowest BCUT2D eigenvalue weighted by atomic mass is 10.1. The molecule has 1 atom stereocenters. The van der Waals surface area contributed by atoms with Gasteiger partial charge in [0.1, 0.15) is 6.17 Å². The number of allylic oxidation sites excluding steroid dienone is 2. The molecule has 11 heavy (non-hydrogen) atoms. The molecule has 4 N–H and O–H groups in total. The fourth-order valence-corrected chi connectivity index (χ4v) is 0.866. The second-order valence-electron chi connectivity index (χ2n) is 2.20. The molecule has 4 nitrogen and oxygen atoms in total. The third kappa shape index (κ3) is 1.59. The molecule has 0 aliphatic carbocycles. The van der Waals surface area contributed by atoms with E-state index >= 15 is 0 Å².